The molecule has 7 heteroatoms. The van der Waals surface area contributed by atoms with Gasteiger partial charge in [0, 0.05) is 17.3 Å². The van der Waals surface area contributed by atoms with Gasteiger partial charge in [-0.1, -0.05) is 0 Å². The highest BCUT2D eigenvalue weighted by Crippen LogP contribution is 2.20. The Labute approximate surface area is 149 Å². The maximum absolute atomic E-state index is 12.1. The Morgan fingerprint density at radius 3 is 2.80 bits per heavy atom. The van der Waals surface area contributed by atoms with Gasteiger partial charge in [-0.25, -0.2) is 9.97 Å². The minimum Gasteiger partial charge on any atom is -0.326 e. The first kappa shape index (κ1) is 16.6. The number of carbonyl (C=O) groups is 1. The fraction of sp³-hybridized carbons (Fsp3) is 0.111. The number of benzene rings is 1. The molecular formula is C18H15N5OS. The second-order valence-corrected chi connectivity index (χ2v) is 6.26. The molecular weight excluding hydrogens is 334 g/mol. The summed E-state index contributed by atoms with van der Waals surface area (Å²) in [5.74, 6) is 0.568. The molecule has 0 aliphatic heterocycles. The summed E-state index contributed by atoms with van der Waals surface area (Å²) < 4.78 is 0. The van der Waals surface area contributed by atoms with E-state index in [1.165, 1.54) is 11.3 Å². The van der Waals surface area contributed by atoms with Crippen LogP contribution in [-0.2, 0) is 11.2 Å². The highest BCUT2D eigenvalue weighted by molar-refractivity contribution is 7.13. The van der Waals surface area contributed by atoms with Gasteiger partial charge in [0.25, 0.3) is 0 Å². The summed E-state index contributed by atoms with van der Waals surface area (Å²) in [6.07, 6.45) is 1.91. The van der Waals surface area contributed by atoms with Gasteiger partial charge in [-0.15, -0.1) is 11.3 Å². The first-order valence-corrected chi connectivity index (χ1v) is 8.44. The molecule has 2 aromatic heterocycles. The number of hydrogen-bond acceptors (Lipinski definition) is 6. The number of nitrogens with one attached hydrogen (secondary N) is 2. The normalized spacial score (nSPS) is 10.1. The first-order chi connectivity index (χ1) is 12.1. The van der Waals surface area contributed by atoms with Crippen molar-refractivity contribution in [3.8, 4) is 6.07 Å². The molecule has 2 N–H and O–H groups in total. The first-order valence-electron chi connectivity index (χ1n) is 7.56. The molecule has 0 saturated heterocycles. The van der Waals surface area contributed by atoms with Gasteiger partial charge in [0.15, 0.2) is 5.13 Å². The van der Waals surface area contributed by atoms with Crippen molar-refractivity contribution < 1.29 is 4.79 Å². The smallest absolute Gasteiger partial charge is 0.230 e. The highest BCUT2D eigenvalue weighted by Gasteiger charge is 2.09. The average Bonchev–Trinajstić information content (AvgIpc) is 3.02. The summed E-state index contributed by atoms with van der Waals surface area (Å²) in [5, 5.41) is 17.2. The van der Waals surface area contributed by atoms with Crippen molar-refractivity contribution in [2.75, 3.05) is 10.6 Å². The molecule has 25 heavy (non-hydrogen) atoms. The van der Waals surface area contributed by atoms with Crippen LogP contribution in [0.3, 0.4) is 0 Å². The van der Waals surface area contributed by atoms with Crippen molar-refractivity contribution in [3.63, 3.8) is 0 Å². The summed E-state index contributed by atoms with van der Waals surface area (Å²) in [4.78, 5) is 20.7. The number of thiazole rings is 1. The molecule has 0 saturated carbocycles. The molecule has 0 spiro atoms. The number of amides is 1. The standard InChI is InChI=1S/C18H15N5OS/c1-12-6-7-20-16(8-12)23-18-22-15(11-25-18)9-17(24)21-14-4-2-13(10-19)3-5-14/h2-8,11H,9H2,1H3,(H,21,24)(H,20,22,23). The van der Waals surface area contributed by atoms with Crippen molar-refractivity contribution in [1.82, 2.24) is 9.97 Å². The zero-order valence-electron chi connectivity index (χ0n) is 13.5. The maximum atomic E-state index is 12.1. The Hall–Kier alpha value is -3.24. The lowest BCUT2D eigenvalue weighted by molar-refractivity contribution is -0.115. The van der Waals surface area contributed by atoms with E-state index in [4.69, 9.17) is 5.26 Å². The molecule has 3 aromatic rings. The Bertz CT molecular complexity index is 927. The van der Waals surface area contributed by atoms with Gasteiger partial charge in [0.05, 0.1) is 23.7 Å². The van der Waals surface area contributed by atoms with Crippen molar-refractivity contribution in [3.05, 3.63) is 64.8 Å². The molecule has 0 radical (unpaired) electrons. The summed E-state index contributed by atoms with van der Waals surface area (Å²) in [5.41, 5.74) is 3.00. The van der Waals surface area contributed by atoms with E-state index in [0.29, 0.717) is 22.1 Å². The van der Waals surface area contributed by atoms with E-state index in [2.05, 4.69) is 20.6 Å². The zero-order chi connectivity index (χ0) is 17.6. The number of aromatic nitrogens is 2. The van der Waals surface area contributed by atoms with E-state index < -0.39 is 0 Å². The number of aryl methyl sites for hydroxylation is 1. The van der Waals surface area contributed by atoms with Crippen LogP contribution in [0.25, 0.3) is 0 Å². The summed E-state index contributed by atoms with van der Waals surface area (Å²) in [6, 6.07) is 12.6. The van der Waals surface area contributed by atoms with E-state index >= 15 is 0 Å². The molecule has 0 fully saturated rings. The van der Waals surface area contributed by atoms with E-state index in [-0.39, 0.29) is 12.3 Å². The summed E-state index contributed by atoms with van der Waals surface area (Å²) in [7, 11) is 0. The molecule has 0 unspecified atom stereocenters. The van der Waals surface area contributed by atoms with Crippen LogP contribution in [0.15, 0.2) is 48.0 Å². The van der Waals surface area contributed by atoms with Gasteiger partial charge in [-0.2, -0.15) is 5.26 Å². The predicted molar refractivity (Wildman–Crippen MR) is 97.9 cm³/mol. The number of nitrogens with zero attached hydrogens (tertiary/aromatic N) is 3. The van der Waals surface area contributed by atoms with Crippen LogP contribution in [-0.4, -0.2) is 15.9 Å². The number of nitriles is 1. The fourth-order valence-electron chi connectivity index (χ4n) is 2.16. The molecule has 3 rings (SSSR count). The molecule has 6 nitrogen and oxygen atoms in total. The second-order valence-electron chi connectivity index (χ2n) is 5.40. The Morgan fingerprint density at radius 1 is 1.28 bits per heavy atom. The third kappa shape index (κ3) is 4.62. The van der Waals surface area contributed by atoms with E-state index in [1.54, 1.807) is 30.5 Å². The molecule has 1 aromatic carbocycles. The van der Waals surface area contributed by atoms with Gasteiger partial charge in [-0.05, 0) is 48.9 Å². The van der Waals surface area contributed by atoms with Crippen LogP contribution in [0.1, 0.15) is 16.8 Å². The number of rotatable bonds is 5. The molecule has 124 valence electrons. The third-order valence-corrected chi connectivity index (χ3v) is 4.15. The second kappa shape index (κ2) is 7.55. The Morgan fingerprint density at radius 2 is 2.08 bits per heavy atom. The van der Waals surface area contributed by atoms with Crippen LogP contribution in [0.4, 0.5) is 16.6 Å². The SMILES string of the molecule is Cc1ccnc(Nc2nc(CC(=O)Nc3ccc(C#N)cc3)cs2)c1. The lowest BCUT2D eigenvalue weighted by atomic mass is 10.2. The van der Waals surface area contributed by atoms with E-state index in [9.17, 15) is 4.79 Å². The lowest BCUT2D eigenvalue weighted by Crippen LogP contribution is -2.14. The number of carbonyl (C=O) groups excluding carboxylic acids is 1. The highest BCUT2D eigenvalue weighted by atomic mass is 32.1. The predicted octanol–water partition coefficient (Wildman–Crippen LogP) is 3.64. The maximum Gasteiger partial charge on any atom is 0.230 e. The molecule has 0 aliphatic rings. The molecule has 0 aliphatic carbocycles. The minimum atomic E-state index is -0.157. The van der Waals surface area contributed by atoms with Crippen molar-refractivity contribution in [2.45, 2.75) is 13.3 Å². The lowest BCUT2D eigenvalue weighted by Gasteiger charge is -2.04. The van der Waals surface area contributed by atoms with Crippen molar-refractivity contribution in [1.29, 1.82) is 5.26 Å². The van der Waals surface area contributed by atoms with Crippen LogP contribution in [0.5, 0.6) is 0 Å². The number of anilines is 3. The molecule has 0 bridgehead atoms. The number of hydrogen-bond donors (Lipinski definition) is 2. The van der Waals surface area contributed by atoms with Crippen LogP contribution >= 0.6 is 11.3 Å². The van der Waals surface area contributed by atoms with Gasteiger partial charge < -0.3 is 10.6 Å². The van der Waals surface area contributed by atoms with Crippen molar-refractivity contribution >= 4 is 33.9 Å². The minimum absolute atomic E-state index is 0.157. The van der Waals surface area contributed by atoms with E-state index in [0.717, 1.165) is 11.4 Å². The van der Waals surface area contributed by atoms with Gasteiger partial charge in [0.1, 0.15) is 5.82 Å². The van der Waals surface area contributed by atoms with Crippen molar-refractivity contribution in [2.24, 2.45) is 0 Å². The van der Waals surface area contributed by atoms with E-state index in [1.807, 2.05) is 30.5 Å². The molecule has 1 amide bonds. The van der Waals surface area contributed by atoms with Gasteiger partial charge in [-0.3, -0.25) is 4.79 Å². The van der Waals surface area contributed by atoms with Crippen LogP contribution < -0.4 is 10.6 Å². The van der Waals surface area contributed by atoms with Crippen LogP contribution in [0.2, 0.25) is 0 Å². The Balaban J connectivity index is 1.58. The molecule has 0 atom stereocenters. The summed E-state index contributed by atoms with van der Waals surface area (Å²) >= 11 is 1.43. The van der Waals surface area contributed by atoms with Crippen LogP contribution in [0, 0.1) is 18.3 Å². The number of pyridine rings is 1. The molecule has 2 heterocycles. The summed E-state index contributed by atoms with van der Waals surface area (Å²) in [6.45, 7) is 1.99. The monoisotopic (exact) mass is 349 g/mol. The van der Waals surface area contributed by atoms with Gasteiger partial charge >= 0.3 is 0 Å². The zero-order valence-corrected chi connectivity index (χ0v) is 14.3. The third-order valence-electron chi connectivity index (χ3n) is 3.34. The topological polar surface area (TPSA) is 90.7 Å². The largest absolute Gasteiger partial charge is 0.326 e. The quantitative estimate of drug-likeness (QED) is 0.734. The average molecular weight is 349 g/mol. The van der Waals surface area contributed by atoms with Gasteiger partial charge in [0.2, 0.25) is 5.91 Å². The Kier molecular flexibility index (Phi) is 5.02. The fourth-order valence-corrected chi connectivity index (χ4v) is 2.87.